The summed E-state index contributed by atoms with van der Waals surface area (Å²) >= 11 is 0. The van der Waals surface area contributed by atoms with Crippen LogP contribution in [0.3, 0.4) is 0 Å². The summed E-state index contributed by atoms with van der Waals surface area (Å²) in [5.41, 5.74) is 3.49. The third-order valence-corrected chi connectivity index (χ3v) is 5.17. The average Bonchev–Trinajstić information content (AvgIpc) is 3.01. The van der Waals surface area contributed by atoms with Crippen LogP contribution < -0.4 is 0 Å². The summed E-state index contributed by atoms with van der Waals surface area (Å²) in [6.45, 7) is 4.22. The van der Waals surface area contributed by atoms with Gasteiger partial charge in [-0.25, -0.2) is 4.98 Å². The lowest BCUT2D eigenvalue weighted by Crippen LogP contribution is -2.36. The summed E-state index contributed by atoms with van der Waals surface area (Å²) in [5.74, 6) is 1.38. The van der Waals surface area contributed by atoms with Crippen LogP contribution >= 0.6 is 0 Å². The highest BCUT2D eigenvalue weighted by atomic mass is 16.3. The van der Waals surface area contributed by atoms with E-state index in [1.165, 1.54) is 24.9 Å². The smallest absolute Gasteiger partial charge is 0.135 e. The van der Waals surface area contributed by atoms with E-state index in [-0.39, 0.29) is 6.61 Å². The van der Waals surface area contributed by atoms with E-state index in [1.807, 2.05) is 18.2 Å². The number of hydrogen-bond donors (Lipinski definition) is 1. The van der Waals surface area contributed by atoms with Gasteiger partial charge in [0.05, 0.1) is 11.0 Å². The monoisotopic (exact) mass is 335 g/mol. The Morgan fingerprint density at radius 2 is 1.84 bits per heavy atom. The van der Waals surface area contributed by atoms with Gasteiger partial charge in [-0.1, -0.05) is 42.5 Å². The number of hydrogen-bond acceptors (Lipinski definition) is 3. The minimum Gasteiger partial charge on any atom is -0.388 e. The molecule has 1 atom stereocenters. The molecule has 130 valence electrons. The number of piperidine rings is 1. The van der Waals surface area contributed by atoms with Crippen molar-refractivity contribution in [3.05, 3.63) is 66.0 Å². The molecule has 2 heterocycles. The van der Waals surface area contributed by atoms with E-state index in [1.54, 1.807) is 0 Å². The fourth-order valence-corrected chi connectivity index (χ4v) is 3.99. The van der Waals surface area contributed by atoms with Crippen molar-refractivity contribution < 1.29 is 5.11 Å². The molecule has 4 nitrogen and oxygen atoms in total. The van der Waals surface area contributed by atoms with Crippen LogP contribution in [-0.2, 0) is 19.7 Å². The standard InChI is InChI=1S/C21H25N3O/c25-16-21-22-19-10-4-5-11-20(19)24(21)15-18-9-6-12-23(14-18)13-17-7-2-1-3-8-17/h1-5,7-8,10-11,18,25H,6,9,12-16H2/t18-/m1/s1. The summed E-state index contributed by atoms with van der Waals surface area (Å²) in [6, 6.07) is 18.9. The molecule has 3 aromatic rings. The van der Waals surface area contributed by atoms with E-state index < -0.39 is 0 Å². The number of aliphatic hydroxyl groups excluding tert-OH is 1. The second-order valence-corrected chi connectivity index (χ2v) is 7.01. The molecule has 2 aromatic carbocycles. The Balaban J connectivity index is 1.49. The largest absolute Gasteiger partial charge is 0.388 e. The number of rotatable bonds is 5. The quantitative estimate of drug-likeness (QED) is 0.776. The fourth-order valence-electron chi connectivity index (χ4n) is 3.99. The number of likely N-dealkylation sites (tertiary alicyclic amines) is 1. The van der Waals surface area contributed by atoms with Gasteiger partial charge in [0.15, 0.2) is 0 Å². The van der Waals surface area contributed by atoms with Gasteiger partial charge < -0.3 is 9.67 Å². The number of para-hydroxylation sites is 2. The first-order chi connectivity index (χ1) is 12.3. The maximum atomic E-state index is 9.70. The molecule has 0 spiro atoms. The van der Waals surface area contributed by atoms with Crippen LogP contribution in [0.15, 0.2) is 54.6 Å². The van der Waals surface area contributed by atoms with E-state index in [0.717, 1.165) is 36.5 Å². The Labute approximate surface area is 148 Å². The van der Waals surface area contributed by atoms with Gasteiger partial charge in [-0.05, 0) is 43.0 Å². The fraction of sp³-hybridized carbons (Fsp3) is 0.381. The first-order valence-corrected chi connectivity index (χ1v) is 9.15. The van der Waals surface area contributed by atoms with Crippen molar-refractivity contribution in [3.8, 4) is 0 Å². The first-order valence-electron chi connectivity index (χ1n) is 9.15. The molecule has 1 aromatic heterocycles. The second-order valence-electron chi connectivity index (χ2n) is 7.01. The van der Waals surface area contributed by atoms with Gasteiger partial charge in [-0.15, -0.1) is 0 Å². The molecule has 0 radical (unpaired) electrons. The molecule has 1 fully saturated rings. The van der Waals surface area contributed by atoms with Gasteiger partial charge in [-0.2, -0.15) is 0 Å². The SMILES string of the molecule is OCc1nc2ccccc2n1C[C@@H]1CCCN(Cc2ccccc2)C1. The molecule has 0 aliphatic carbocycles. The zero-order chi connectivity index (χ0) is 17.1. The summed E-state index contributed by atoms with van der Waals surface area (Å²) < 4.78 is 2.21. The molecule has 0 amide bonds. The first kappa shape index (κ1) is 16.3. The minimum absolute atomic E-state index is 0.00483. The normalized spacial score (nSPS) is 18.7. The molecule has 1 aliphatic heterocycles. The van der Waals surface area contributed by atoms with E-state index in [9.17, 15) is 5.11 Å². The van der Waals surface area contributed by atoms with Crippen molar-refractivity contribution in [2.75, 3.05) is 13.1 Å². The molecule has 0 saturated carbocycles. The predicted octanol–water partition coefficient (Wildman–Crippen LogP) is 3.44. The second kappa shape index (κ2) is 7.38. The topological polar surface area (TPSA) is 41.3 Å². The number of imidazole rings is 1. The van der Waals surface area contributed by atoms with E-state index in [4.69, 9.17) is 0 Å². The van der Waals surface area contributed by atoms with Crippen LogP contribution in [-0.4, -0.2) is 32.6 Å². The molecule has 25 heavy (non-hydrogen) atoms. The molecular formula is C21H25N3O. The van der Waals surface area contributed by atoms with Crippen molar-refractivity contribution in [1.29, 1.82) is 0 Å². The lowest BCUT2D eigenvalue weighted by molar-refractivity contribution is 0.154. The van der Waals surface area contributed by atoms with Crippen LogP contribution in [0.4, 0.5) is 0 Å². The Kier molecular flexibility index (Phi) is 4.81. The van der Waals surface area contributed by atoms with E-state index in [0.29, 0.717) is 5.92 Å². The van der Waals surface area contributed by atoms with Crippen LogP contribution in [0, 0.1) is 5.92 Å². The Hall–Kier alpha value is -2.17. The highest BCUT2D eigenvalue weighted by molar-refractivity contribution is 5.75. The number of aromatic nitrogens is 2. The third kappa shape index (κ3) is 3.60. The zero-order valence-electron chi connectivity index (χ0n) is 14.5. The highest BCUT2D eigenvalue weighted by Crippen LogP contribution is 2.24. The Morgan fingerprint density at radius 1 is 1.04 bits per heavy atom. The number of benzene rings is 2. The molecule has 4 heteroatoms. The van der Waals surface area contributed by atoms with Crippen LogP contribution in [0.1, 0.15) is 24.2 Å². The molecule has 1 saturated heterocycles. The van der Waals surface area contributed by atoms with Gasteiger partial charge in [0.2, 0.25) is 0 Å². The van der Waals surface area contributed by atoms with Crippen molar-refractivity contribution >= 4 is 11.0 Å². The molecule has 1 N–H and O–H groups in total. The third-order valence-electron chi connectivity index (χ3n) is 5.17. The molecular weight excluding hydrogens is 310 g/mol. The number of aliphatic hydroxyl groups is 1. The van der Waals surface area contributed by atoms with Crippen molar-refractivity contribution in [2.45, 2.75) is 32.5 Å². The predicted molar refractivity (Wildman–Crippen MR) is 100 cm³/mol. The number of fused-ring (bicyclic) bond motifs is 1. The van der Waals surface area contributed by atoms with Crippen LogP contribution in [0.25, 0.3) is 11.0 Å². The summed E-state index contributed by atoms with van der Waals surface area (Å²) in [5, 5.41) is 9.70. The Morgan fingerprint density at radius 3 is 2.68 bits per heavy atom. The molecule has 1 aliphatic rings. The van der Waals surface area contributed by atoms with Gasteiger partial charge >= 0.3 is 0 Å². The number of nitrogens with zero attached hydrogens (tertiary/aromatic N) is 3. The minimum atomic E-state index is -0.00483. The highest BCUT2D eigenvalue weighted by Gasteiger charge is 2.22. The van der Waals surface area contributed by atoms with E-state index >= 15 is 0 Å². The maximum absolute atomic E-state index is 9.70. The molecule has 4 rings (SSSR count). The van der Waals surface area contributed by atoms with Crippen LogP contribution in [0.2, 0.25) is 0 Å². The average molecular weight is 335 g/mol. The summed E-state index contributed by atoms with van der Waals surface area (Å²) in [4.78, 5) is 7.14. The van der Waals surface area contributed by atoms with Crippen molar-refractivity contribution in [2.24, 2.45) is 5.92 Å². The van der Waals surface area contributed by atoms with Gasteiger partial charge in [-0.3, -0.25) is 4.90 Å². The van der Waals surface area contributed by atoms with Gasteiger partial charge in [0, 0.05) is 19.6 Å². The molecule has 0 bridgehead atoms. The zero-order valence-corrected chi connectivity index (χ0v) is 14.5. The van der Waals surface area contributed by atoms with E-state index in [2.05, 4.69) is 50.8 Å². The lowest BCUT2D eigenvalue weighted by Gasteiger charge is -2.33. The van der Waals surface area contributed by atoms with Crippen molar-refractivity contribution in [1.82, 2.24) is 14.5 Å². The van der Waals surface area contributed by atoms with Gasteiger partial charge in [0.25, 0.3) is 0 Å². The molecule has 0 unspecified atom stereocenters. The van der Waals surface area contributed by atoms with Crippen molar-refractivity contribution in [3.63, 3.8) is 0 Å². The summed E-state index contributed by atoms with van der Waals surface area (Å²) in [6.07, 6.45) is 2.47. The maximum Gasteiger partial charge on any atom is 0.135 e. The van der Waals surface area contributed by atoms with Crippen LogP contribution in [0.5, 0.6) is 0 Å². The summed E-state index contributed by atoms with van der Waals surface area (Å²) in [7, 11) is 0. The van der Waals surface area contributed by atoms with Gasteiger partial charge in [0.1, 0.15) is 12.4 Å². The Bertz CT molecular complexity index is 828. The lowest BCUT2D eigenvalue weighted by atomic mass is 9.97.